The summed E-state index contributed by atoms with van der Waals surface area (Å²) in [5, 5.41) is 0. The number of hydrogen-bond donors (Lipinski definition) is 0. The first-order valence-corrected chi connectivity index (χ1v) is 7.66. The van der Waals surface area contributed by atoms with Gasteiger partial charge in [0.15, 0.2) is 0 Å². The van der Waals surface area contributed by atoms with Crippen molar-refractivity contribution in [3.63, 3.8) is 0 Å². The average molecular weight is 283 g/mol. The first-order chi connectivity index (χ1) is 10.1. The Morgan fingerprint density at radius 2 is 1.67 bits per heavy atom. The zero-order chi connectivity index (χ0) is 14.7. The lowest BCUT2D eigenvalue weighted by atomic mass is 9.87. The van der Waals surface area contributed by atoms with Gasteiger partial charge in [0, 0.05) is 19.1 Å². The zero-order valence-corrected chi connectivity index (χ0v) is 12.5. The SMILES string of the molecule is C[C@]1(F)CC[C@@H](c2ccccc2)N(Cc2ccccc2)C1. The number of hydrogen-bond acceptors (Lipinski definition) is 1. The molecule has 0 aliphatic carbocycles. The van der Waals surface area contributed by atoms with E-state index in [1.54, 1.807) is 6.92 Å². The Kier molecular flexibility index (Phi) is 4.07. The number of benzene rings is 2. The van der Waals surface area contributed by atoms with Crippen LogP contribution in [0.15, 0.2) is 60.7 Å². The molecule has 0 amide bonds. The van der Waals surface area contributed by atoms with Gasteiger partial charge >= 0.3 is 0 Å². The standard InChI is InChI=1S/C19H22FN/c1-19(20)13-12-18(17-10-6-3-7-11-17)21(15-19)14-16-8-4-2-5-9-16/h2-11,18H,12-15H2,1H3/t18-,19-/m0/s1. The number of likely N-dealkylation sites (tertiary alicyclic amines) is 1. The van der Waals surface area contributed by atoms with Crippen molar-refractivity contribution in [1.82, 2.24) is 4.90 Å². The van der Waals surface area contributed by atoms with Gasteiger partial charge in [-0.15, -0.1) is 0 Å². The quantitative estimate of drug-likeness (QED) is 0.785. The molecule has 0 unspecified atom stereocenters. The molecule has 0 radical (unpaired) electrons. The van der Waals surface area contributed by atoms with E-state index in [0.29, 0.717) is 19.0 Å². The summed E-state index contributed by atoms with van der Waals surface area (Å²) < 4.78 is 14.5. The van der Waals surface area contributed by atoms with Crippen LogP contribution in [0, 0.1) is 0 Å². The Balaban J connectivity index is 1.84. The molecular formula is C19H22FN. The Hall–Kier alpha value is -1.67. The predicted molar refractivity (Wildman–Crippen MR) is 84.8 cm³/mol. The smallest absolute Gasteiger partial charge is 0.121 e. The molecule has 1 saturated heterocycles. The van der Waals surface area contributed by atoms with Crippen molar-refractivity contribution in [2.24, 2.45) is 0 Å². The van der Waals surface area contributed by atoms with Gasteiger partial charge < -0.3 is 0 Å². The molecule has 1 aliphatic rings. The van der Waals surface area contributed by atoms with Crippen molar-refractivity contribution in [3.05, 3.63) is 71.8 Å². The molecule has 1 fully saturated rings. The summed E-state index contributed by atoms with van der Waals surface area (Å²) in [7, 11) is 0. The fourth-order valence-corrected chi connectivity index (χ4v) is 3.27. The van der Waals surface area contributed by atoms with Gasteiger partial charge in [0.2, 0.25) is 0 Å². The van der Waals surface area contributed by atoms with E-state index in [-0.39, 0.29) is 0 Å². The third-order valence-electron chi connectivity index (χ3n) is 4.33. The van der Waals surface area contributed by atoms with Crippen LogP contribution in [0.1, 0.15) is 36.9 Å². The Morgan fingerprint density at radius 3 is 2.33 bits per heavy atom. The summed E-state index contributed by atoms with van der Waals surface area (Å²) in [4.78, 5) is 2.29. The van der Waals surface area contributed by atoms with Crippen molar-refractivity contribution in [2.45, 2.75) is 38.0 Å². The summed E-state index contributed by atoms with van der Waals surface area (Å²) in [6.45, 7) is 3.04. The Labute approximate surface area is 126 Å². The van der Waals surface area contributed by atoms with Gasteiger partial charge in [0.05, 0.1) is 0 Å². The van der Waals surface area contributed by atoms with Crippen molar-refractivity contribution < 1.29 is 4.39 Å². The number of nitrogens with zero attached hydrogens (tertiary/aromatic N) is 1. The number of alkyl halides is 1. The molecule has 3 rings (SSSR count). The minimum atomic E-state index is -1.08. The van der Waals surface area contributed by atoms with Gasteiger partial charge in [-0.2, -0.15) is 0 Å². The van der Waals surface area contributed by atoms with Gasteiger partial charge in [-0.25, -0.2) is 4.39 Å². The predicted octanol–water partition coefficient (Wildman–Crippen LogP) is 4.75. The van der Waals surface area contributed by atoms with E-state index in [4.69, 9.17) is 0 Å². The van der Waals surface area contributed by atoms with Crippen LogP contribution in [-0.4, -0.2) is 17.1 Å². The Morgan fingerprint density at radius 1 is 1.05 bits per heavy atom. The summed E-state index contributed by atoms with van der Waals surface area (Å²) in [6.07, 6.45) is 1.52. The highest BCUT2D eigenvalue weighted by molar-refractivity contribution is 5.21. The van der Waals surface area contributed by atoms with Gasteiger partial charge in [0.1, 0.15) is 5.67 Å². The maximum absolute atomic E-state index is 14.5. The van der Waals surface area contributed by atoms with Crippen LogP contribution in [0.4, 0.5) is 4.39 Å². The van der Waals surface area contributed by atoms with Crippen molar-refractivity contribution in [1.29, 1.82) is 0 Å². The van der Waals surface area contributed by atoms with E-state index in [2.05, 4.69) is 41.3 Å². The fraction of sp³-hybridized carbons (Fsp3) is 0.368. The molecule has 1 heterocycles. The highest BCUT2D eigenvalue weighted by Crippen LogP contribution is 2.37. The van der Waals surface area contributed by atoms with Crippen LogP contribution in [0.3, 0.4) is 0 Å². The van der Waals surface area contributed by atoms with Gasteiger partial charge in [-0.05, 0) is 30.9 Å². The lowest BCUT2D eigenvalue weighted by Crippen LogP contribution is -2.44. The minimum absolute atomic E-state index is 0.315. The van der Waals surface area contributed by atoms with Gasteiger partial charge in [-0.1, -0.05) is 60.7 Å². The van der Waals surface area contributed by atoms with E-state index >= 15 is 0 Å². The van der Waals surface area contributed by atoms with Crippen molar-refractivity contribution >= 4 is 0 Å². The maximum Gasteiger partial charge on any atom is 0.121 e. The van der Waals surface area contributed by atoms with Gasteiger partial charge in [0.25, 0.3) is 0 Å². The summed E-state index contributed by atoms with van der Waals surface area (Å²) >= 11 is 0. The molecule has 1 aliphatic heterocycles. The Bertz CT molecular complexity index is 565. The molecule has 2 aromatic rings. The molecular weight excluding hydrogens is 261 g/mol. The lowest BCUT2D eigenvalue weighted by Gasteiger charge is -2.42. The highest BCUT2D eigenvalue weighted by atomic mass is 19.1. The molecule has 1 nitrogen and oxygen atoms in total. The van der Waals surface area contributed by atoms with E-state index in [0.717, 1.165) is 13.0 Å². The van der Waals surface area contributed by atoms with E-state index < -0.39 is 5.67 Å². The first-order valence-electron chi connectivity index (χ1n) is 7.66. The zero-order valence-electron chi connectivity index (χ0n) is 12.5. The van der Waals surface area contributed by atoms with E-state index in [1.165, 1.54) is 11.1 Å². The minimum Gasteiger partial charge on any atom is -0.289 e. The van der Waals surface area contributed by atoms with Crippen LogP contribution in [-0.2, 0) is 6.54 Å². The fourth-order valence-electron chi connectivity index (χ4n) is 3.27. The number of piperidine rings is 1. The molecule has 2 atom stereocenters. The third kappa shape index (κ3) is 3.51. The van der Waals surface area contributed by atoms with Crippen molar-refractivity contribution in [3.8, 4) is 0 Å². The van der Waals surface area contributed by atoms with Crippen LogP contribution < -0.4 is 0 Å². The second-order valence-electron chi connectivity index (χ2n) is 6.27. The molecule has 0 aromatic heterocycles. The van der Waals surface area contributed by atoms with Crippen LogP contribution in [0.2, 0.25) is 0 Å². The molecule has 0 N–H and O–H groups in total. The lowest BCUT2D eigenvalue weighted by molar-refractivity contribution is 0.0171. The van der Waals surface area contributed by atoms with E-state index in [9.17, 15) is 4.39 Å². The second-order valence-corrected chi connectivity index (χ2v) is 6.27. The molecule has 110 valence electrons. The second kappa shape index (κ2) is 5.98. The van der Waals surface area contributed by atoms with Crippen molar-refractivity contribution in [2.75, 3.05) is 6.54 Å². The van der Waals surface area contributed by atoms with E-state index in [1.807, 2.05) is 24.3 Å². The monoisotopic (exact) mass is 283 g/mol. The molecule has 21 heavy (non-hydrogen) atoms. The van der Waals surface area contributed by atoms with Crippen LogP contribution >= 0.6 is 0 Å². The largest absolute Gasteiger partial charge is 0.289 e. The highest BCUT2D eigenvalue weighted by Gasteiger charge is 2.36. The molecule has 0 spiro atoms. The average Bonchev–Trinajstić information content (AvgIpc) is 2.48. The third-order valence-corrected chi connectivity index (χ3v) is 4.33. The summed E-state index contributed by atoms with van der Waals surface area (Å²) in [5.41, 5.74) is 1.46. The first kappa shape index (κ1) is 14.3. The molecule has 0 saturated carbocycles. The topological polar surface area (TPSA) is 3.24 Å². The number of rotatable bonds is 3. The normalized spacial score (nSPS) is 26.7. The molecule has 2 aromatic carbocycles. The molecule has 2 heteroatoms. The van der Waals surface area contributed by atoms with Crippen LogP contribution in [0.5, 0.6) is 0 Å². The summed E-state index contributed by atoms with van der Waals surface area (Å²) in [5.74, 6) is 0. The van der Waals surface area contributed by atoms with Gasteiger partial charge in [-0.3, -0.25) is 4.90 Å². The maximum atomic E-state index is 14.5. The summed E-state index contributed by atoms with van der Waals surface area (Å²) in [6, 6.07) is 21.2. The molecule has 0 bridgehead atoms. The number of halogens is 1. The van der Waals surface area contributed by atoms with Crippen LogP contribution in [0.25, 0.3) is 0 Å².